The van der Waals surface area contributed by atoms with Crippen LogP contribution in [-0.2, 0) is 6.54 Å². The highest BCUT2D eigenvalue weighted by Gasteiger charge is 1.97. The lowest BCUT2D eigenvalue weighted by molar-refractivity contribution is 0.954. The SMILES string of the molecule is Cc1nccc(CNc2nccs2)n1. The summed E-state index contributed by atoms with van der Waals surface area (Å²) < 4.78 is 0. The van der Waals surface area contributed by atoms with Crippen LogP contribution in [0.1, 0.15) is 11.5 Å². The summed E-state index contributed by atoms with van der Waals surface area (Å²) in [6.45, 7) is 2.57. The first-order valence-electron chi connectivity index (χ1n) is 4.26. The molecule has 0 bridgehead atoms. The van der Waals surface area contributed by atoms with Crippen molar-refractivity contribution in [1.29, 1.82) is 0 Å². The average molecular weight is 206 g/mol. The van der Waals surface area contributed by atoms with E-state index in [4.69, 9.17) is 0 Å². The first-order valence-corrected chi connectivity index (χ1v) is 5.14. The Balaban J connectivity index is 1.98. The second-order valence-corrected chi connectivity index (χ2v) is 3.68. The highest BCUT2D eigenvalue weighted by molar-refractivity contribution is 7.13. The molecule has 0 fully saturated rings. The van der Waals surface area contributed by atoms with Gasteiger partial charge in [0.25, 0.3) is 0 Å². The summed E-state index contributed by atoms with van der Waals surface area (Å²) >= 11 is 1.58. The lowest BCUT2D eigenvalue weighted by atomic mass is 10.4. The van der Waals surface area contributed by atoms with Gasteiger partial charge >= 0.3 is 0 Å². The number of anilines is 1. The van der Waals surface area contributed by atoms with E-state index in [1.54, 1.807) is 23.7 Å². The highest BCUT2D eigenvalue weighted by Crippen LogP contribution is 2.11. The molecule has 14 heavy (non-hydrogen) atoms. The molecule has 0 spiro atoms. The molecule has 5 heteroatoms. The van der Waals surface area contributed by atoms with Crippen LogP contribution in [-0.4, -0.2) is 15.0 Å². The van der Waals surface area contributed by atoms with E-state index < -0.39 is 0 Å². The molecule has 2 aromatic rings. The maximum Gasteiger partial charge on any atom is 0.182 e. The van der Waals surface area contributed by atoms with Crippen molar-refractivity contribution in [3.8, 4) is 0 Å². The molecule has 0 aromatic carbocycles. The van der Waals surface area contributed by atoms with Crippen LogP contribution >= 0.6 is 11.3 Å². The summed E-state index contributed by atoms with van der Waals surface area (Å²) in [5.74, 6) is 0.795. The number of hydrogen-bond acceptors (Lipinski definition) is 5. The zero-order chi connectivity index (χ0) is 9.80. The van der Waals surface area contributed by atoms with Gasteiger partial charge in [-0.2, -0.15) is 0 Å². The van der Waals surface area contributed by atoms with Crippen LogP contribution in [0.25, 0.3) is 0 Å². The molecule has 72 valence electrons. The Kier molecular flexibility index (Phi) is 2.69. The average Bonchev–Trinajstić information content (AvgIpc) is 2.67. The summed E-state index contributed by atoms with van der Waals surface area (Å²) in [7, 11) is 0. The van der Waals surface area contributed by atoms with Crippen LogP contribution in [0.2, 0.25) is 0 Å². The lowest BCUT2D eigenvalue weighted by Crippen LogP contribution is -2.02. The van der Waals surface area contributed by atoms with Crippen LogP contribution in [0, 0.1) is 6.92 Å². The fraction of sp³-hybridized carbons (Fsp3) is 0.222. The topological polar surface area (TPSA) is 50.7 Å². The van der Waals surface area contributed by atoms with Gasteiger partial charge in [-0.3, -0.25) is 0 Å². The molecule has 2 heterocycles. The van der Waals surface area contributed by atoms with E-state index in [9.17, 15) is 0 Å². The van der Waals surface area contributed by atoms with E-state index in [0.29, 0.717) is 6.54 Å². The molecule has 0 aliphatic heterocycles. The standard InChI is InChI=1S/C9H10N4S/c1-7-10-3-2-8(13-7)6-12-9-11-4-5-14-9/h2-5H,6H2,1H3,(H,11,12). The van der Waals surface area contributed by atoms with Crippen molar-refractivity contribution in [2.24, 2.45) is 0 Å². The predicted molar refractivity (Wildman–Crippen MR) is 56.2 cm³/mol. The first-order chi connectivity index (χ1) is 6.84. The van der Waals surface area contributed by atoms with Crippen LogP contribution in [0.3, 0.4) is 0 Å². The lowest BCUT2D eigenvalue weighted by Gasteiger charge is -2.01. The third-order valence-corrected chi connectivity index (χ3v) is 2.42. The molecule has 0 saturated heterocycles. The minimum absolute atomic E-state index is 0.691. The van der Waals surface area contributed by atoms with Crippen LogP contribution < -0.4 is 5.32 Å². The molecule has 0 aliphatic rings. The Morgan fingerprint density at radius 3 is 3.00 bits per heavy atom. The minimum Gasteiger partial charge on any atom is -0.356 e. The van der Waals surface area contributed by atoms with Gasteiger partial charge in [0.15, 0.2) is 5.13 Å². The molecule has 2 aromatic heterocycles. The Morgan fingerprint density at radius 1 is 1.36 bits per heavy atom. The van der Waals surface area contributed by atoms with E-state index >= 15 is 0 Å². The molecule has 0 amide bonds. The smallest absolute Gasteiger partial charge is 0.182 e. The quantitative estimate of drug-likeness (QED) is 0.832. The molecule has 0 radical (unpaired) electrons. The van der Waals surface area contributed by atoms with Gasteiger partial charge in [0.1, 0.15) is 5.82 Å². The van der Waals surface area contributed by atoms with Crippen LogP contribution in [0.4, 0.5) is 5.13 Å². The number of hydrogen-bond donors (Lipinski definition) is 1. The number of aryl methyl sites for hydroxylation is 1. The van der Waals surface area contributed by atoms with Crippen molar-refractivity contribution in [3.05, 3.63) is 35.4 Å². The zero-order valence-electron chi connectivity index (χ0n) is 7.77. The number of thiazole rings is 1. The normalized spacial score (nSPS) is 10.1. The fourth-order valence-electron chi connectivity index (χ4n) is 1.08. The van der Waals surface area contributed by atoms with Gasteiger partial charge in [-0.15, -0.1) is 11.3 Å². The van der Waals surface area contributed by atoms with Crippen molar-refractivity contribution in [3.63, 3.8) is 0 Å². The van der Waals surface area contributed by atoms with Crippen molar-refractivity contribution < 1.29 is 0 Å². The van der Waals surface area contributed by atoms with Crippen molar-refractivity contribution in [1.82, 2.24) is 15.0 Å². The first kappa shape index (κ1) is 9.08. The molecule has 0 aliphatic carbocycles. The number of nitrogens with one attached hydrogen (secondary N) is 1. The Hall–Kier alpha value is -1.49. The summed E-state index contributed by atoms with van der Waals surface area (Å²) in [5.41, 5.74) is 0.979. The van der Waals surface area contributed by atoms with Crippen molar-refractivity contribution >= 4 is 16.5 Å². The number of aromatic nitrogens is 3. The zero-order valence-corrected chi connectivity index (χ0v) is 8.58. The molecule has 2 rings (SSSR count). The van der Waals surface area contributed by atoms with Crippen LogP contribution in [0.5, 0.6) is 0 Å². The third-order valence-electron chi connectivity index (χ3n) is 1.69. The van der Waals surface area contributed by atoms with Crippen molar-refractivity contribution in [2.45, 2.75) is 13.5 Å². The predicted octanol–water partition coefficient (Wildman–Crippen LogP) is 1.85. The molecule has 0 saturated carbocycles. The summed E-state index contributed by atoms with van der Waals surface area (Å²) in [6, 6.07) is 1.90. The number of rotatable bonds is 3. The molecule has 1 N–H and O–H groups in total. The van der Waals surface area contributed by atoms with Gasteiger partial charge in [-0.1, -0.05) is 0 Å². The maximum atomic E-state index is 4.28. The minimum atomic E-state index is 0.691. The monoisotopic (exact) mass is 206 g/mol. The van der Waals surface area contributed by atoms with E-state index in [-0.39, 0.29) is 0 Å². The Bertz CT molecular complexity index is 399. The van der Waals surface area contributed by atoms with Gasteiger partial charge < -0.3 is 5.32 Å². The van der Waals surface area contributed by atoms with E-state index in [2.05, 4.69) is 20.3 Å². The Morgan fingerprint density at radius 2 is 2.29 bits per heavy atom. The number of nitrogens with zero attached hydrogens (tertiary/aromatic N) is 3. The van der Waals surface area contributed by atoms with Gasteiger partial charge in [0, 0.05) is 17.8 Å². The molecular formula is C9H10N4S. The summed E-state index contributed by atoms with van der Waals surface area (Å²) in [6.07, 6.45) is 3.54. The summed E-state index contributed by atoms with van der Waals surface area (Å²) in [4.78, 5) is 12.4. The second kappa shape index (κ2) is 4.15. The van der Waals surface area contributed by atoms with Gasteiger partial charge in [0.05, 0.1) is 12.2 Å². The van der Waals surface area contributed by atoms with E-state index in [1.807, 2.05) is 18.4 Å². The molecule has 0 unspecified atom stereocenters. The Labute approximate surface area is 86.1 Å². The van der Waals surface area contributed by atoms with E-state index in [0.717, 1.165) is 16.6 Å². The van der Waals surface area contributed by atoms with Gasteiger partial charge in [-0.05, 0) is 13.0 Å². The van der Waals surface area contributed by atoms with Crippen molar-refractivity contribution in [2.75, 3.05) is 5.32 Å². The van der Waals surface area contributed by atoms with Gasteiger partial charge in [0.2, 0.25) is 0 Å². The largest absolute Gasteiger partial charge is 0.356 e. The summed E-state index contributed by atoms with van der Waals surface area (Å²) in [5, 5.41) is 6.04. The second-order valence-electron chi connectivity index (χ2n) is 2.79. The molecule has 4 nitrogen and oxygen atoms in total. The van der Waals surface area contributed by atoms with E-state index in [1.165, 1.54) is 0 Å². The third kappa shape index (κ3) is 2.26. The highest BCUT2D eigenvalue weighted by atomic mass is 32.1. The van der Waals surface area contributed by atoms with Crippen LogP contribution in [0.15, 0.2) is 23.8 Å². The fourth-order valence-corrected chi connectivity index (χ4v) is 1.61. The molecular weight excluding hydrogens is 196 g/mol. The van der Waals surface area contributed by atoms with Gasteiger partial charge in [-0.25, -0.2) is 15.0 Å². The maximum absolute atomic E-state index is 4.28. The molecule has 0 atom stereocenters.